The topological polar surface area (TPSA) is 67.4 Å². The first kappa shape index (κ1) is 20.5. The van der Waals surface area contributed by atoms with E-state index in [1.807, 2.05) is 13.8 Å². The third kappa shape index (κ3) is 6.77. The molecule has 0 saturated heterocycles. The van der Waals surface area contributed by atoms with Crippen LogP contribution in [0.2, 0.25) is 0 Å². The van der Waals surface area contributed by atoms with Gasteiger partial charge in [0.05, 0.1) is 6.10 Å². The Bertz CT molecular complexity index is 756. The van der Waals surface area contributed by atoms with E-state index in [4.69, 9.17) is 4.74 Å². The van der Waals surface area contributed by atoms with E-state index < -0.39 is 0 Å². The van der Waals surface area contributed by atoms with E-state index in [0.717, 1.165) is 25.0 Å². The molecule has 0 saturated carbocycles. The van der Waals surface area contributed by atoms with Gasteiger partial charge >= 0.3 is 0 Å². The number of amides is 2. The van der Waals surface area contributed by atoms with Crippen molar-refractivity contribution in [3.05, 3.63) is 54.1 Å². The highest BCUT2D eigenvalue weighted by Gasteiger charge is 2.09. The zero-order valence-corrected chi connectivity index (χ0v) is 16.2. The number of nitrogens with one attached hydrogen (secondary N) is 2. The zero-order valence-electron chi connectivity index (χ0n) is 16.2. The van der Waals surface area contributed by atoms with Gasteiger partial charge in [0.25, 0.3) is 5.91 Å². The molecule has 2 rings (SSSR count). The van der Waals surface area contributed by atoms with Crippen LogP contribution in [0.15, 0.2) is 48.5 Å². The highest BCUT2D eigenvalue weighted by molar-refractivity contribution is 6.04. The molecule has 2 N–H and O–H groups in total. The van der Waals surface area contributed by atoms with Crippen molar-refractivity contribution in [3.63, 3.8) is 0 Å². The molecule has 5 heteroatoms. The lowest BCUT2D eigenvalue weighted by Crippen LogP contribution is -2.14. The number of anilines is 2. The highest BCUT2D eigenvalue weighted by Crippen LogP contribution is 2.18. The molecular formula is C22H28N2O3. The summed E-state index contributed by atoms with van der Waals surface area (Å²) in [6.07, 6.45) is 3.40. The van der Waals surface area contributed by atoms with Crippen molar-refractivity contribution in [2.45, 2.75) is 52.6 Å². The number of hydrogen-bond acceptors (Lipinski definition) is 3. The molecule has 0 spiro atoms. The summed E-state index contributed by atoms with van der Waals surface area (Å²) in [7, 11) is 0. The van der Waals surface area contributed by atoms with Gasteiger partial charge in [0, 0.05) is 23.4 Å². The third-order valence-corrected chi connectivity index (χ3v) is 4.19. The van der Waals surface area contributed by atoms with Gasteiger partial charge in [0.2, 0.25) is 5.91 Å². The summed E-state index contributed by atoms with van der Waals surface area (Å²) in [5, 5.41) is 5.71. The number of carbonyl (C=O) groups excluding carboxylic acids is 2. The summed E-state index contributed by atoms with van der Waals surface area (Å²) in [4.78, 5) is 24.3. The minimum atomic E-state index is -0.209. The smallest absolute Gasteiger partial charge is 0.255 e. The summed E-state index contributed by atoms with van der Waals surface area (Å²) < 4.78 is 5.73. The van der Waals surface area contributed by atoms with Gasteiger partial charge in [-0.05, 0) is 62.2 Å². The highest BCUT2D eigenvalue weighted by atomic mass is 16.5. The SMILES string of the molecule is CCCCC(=O)Nc1cccc(NC(=O)c2ccc(O[C@@H](C)CC)cc2)c1. The number of unbranched alkanes of at least 4 members (excludes halogenated alkanes) is 1. The van der Waals surface area contributed by atoms with Gasteiger partial charge in [0.1, 0.15) is 5.75 Å². The molecule has 0 heterocycles. The minimum absolute atomic E-state index is 0.0165. The van der Waals surface area contributed by atoms with Gasteiger partial charge in [-0.25, -0.2) is 0 Å². The molecule has 0 radical (unpaired) electrons. The first-order chi connectivity index (χ1) is 13.0. The van der Waals surface area contributed by atoms with E-state index in [2.05, 4.69) is 17.6 Å². The molecule has 1 atom stereocenters. The maximum Gasteiger partial charge on any atom is 0.255 e. The molecule has 27 heavy (non-hydrogen) atoms. The second-order valence-electron chi connectivity index (χ2n) is 6.55. The van der Waals surface area contributed by atoms with Gasteiger partial charge in [0.15, 0.2) is 0 Å². The molecule has 0 bridgehead atoms. The average molecular weight is 368 g/mol. The Balaban J connectivity index is 1.97. The second kappa shape index (κ2) is 10.4. The molecule has 0 aliphatic carbocycles. The van der Waals surface area contributed by atoms with Crippen LogP contribution in [0.5, 0.6) is 5.75 Å². The van der Waals surface area contributed by atoms with E-state index in [-0.39, 0.29) is 17.9 Å². The summed E-state index contributed by atoms with van der Waals surface area (Å²) in [5.41, 5.74) is 1.85. The predicted octanol–water partition coefficient (Wildman–Crippen LogP) is 5.24. The number of hydrogen-bond donors (Lipinski definition) is 2. The molecule has 0 aliphatic rings. The van der Waals surface area contributed by atoms with E-state index >= 15 is 0 Å². The Morgan fingerprint density at radius 2 is 1.67 bits per heavy atom. The Hall–Kier alpha value is -2.82. The van der Waals surface area contributed by atoms with Crippen molar-refractivity contribution in [2.75, 3.05) is 10.6 Å². The fraction of sp³-hybridized carbons (Fsp3) is 0.364. The van der Waals surface area contributed by atoms with Crippen molar-refractivity contribution >= 4 is 23.2 Å². The zero-order chi connectivity index (χ0) is 19.6. The van der Waals surface area contributed by atoms with E-state index in [1.54, 1.807) is 48.5 Å². The minimum Gasteiger partial charge on any atom is -0.491 e. The Morgan fingerprint density at radius 1 is 1.00 bits per heavy atom. The molecule has 5 nitrogen and oxygen atoms in total. The predicted molar refractivity (Wildman–Crippen MR) is 109 cm³/mol. The fourth-order valence-electron chi connectivity index (χ4n) is 2.44. The fourth-order valence-corrected chi connectivity index (χ4v) is 2.44. The molecule has 2 amide bonds. The van der Waals surface area contributed by atoms with Crippen LogP contribution in [0.4, 0.5) is 11.4 Å². The van der Waals surface area contributed by atoms with Crippen LogP contribution in [0.25, 0.3) is 0 Å². The molecular weight excluding hydrogens is 340 g/mol. The largest absolute Gasteiger partial charge is 0.491 e. The maximum atomic E-state index is 12.4. The third-order valence-electron chi connectivity index (χ3n) is 4.19. The van der Waals surface area contributed by atoms with Crippen molar-refractivity contribution < 1.29 is 14.3 Å². The Kier molecular flexibility index (Phi) is 7.86. The molecule has 2 aromatic rings. The maximum absolute atomic E-state index is 12.4. The van der Waals surface area contributed by atoms with E-state index in [0.29, 0.717) is 23.4 Å². The standard InChI is InChI=1S/C22H28N2O3/c1-4-6-10-21(25)23-18-8-7-9-19(15-18)24-22(26)17-11-13-20(14-12-17)27-16(3)5-2/h7-9,11-16H,4-6,10H2,1-3H3,(H,23,25)(H,24,26)/t16-/m0/s1. The van der Waals surface area contributed by atoms with Crippen LogP contribution in [0.3, 0.4) is 0 Å². The van der Waals surface area contributed by atoms with Crippen LogP contribution in [0, 0.1) is 0 Å². The lowest BCUT2D eigenvalue weighted by atomic mass is 10.2. The van der Waals surface area contributed by atoms with Gasteiger partial charge in [-0.15, -0.1) is 0 Å². The van der Waals surface area contributed by atoms with Crippen molar-refractivity contribution in [1.82, 2.24) is 0 Å². The first-order valence-electron chi connectivity index (χ1n) is 9.49. The monoisotopic (exact) mass is 368 g/mol. The first-order valence-corrected chi connectivity index (χ1v) is 9.49. The summed E-state index contributed by atoms with van der Waals surface area (Å²) in [6, 6.07) is 14.2. The van der Waals surface area contributed by atoms with Crippen molar-refractivity contribution in [2.24, 2.45) is 0 Å². The average Bonchev–Trinajstić information content (AvgIpc) is 2.67. The van der Waals surface area contributed by atoms with Crippen LogP contribution >= 0.6 is 0 Å². The van der Waals surface area contributed by atoms with Crippen LogP contribution in [0.1, 0.15) is 56.8 Å². The Labute approximate surface area is 161 Å². The van der Waals surface area contributed by atoms with E-state index in [1.165, 1.54) is 0 Å². The lowest BCUT2D eigenvalue weighted by molar-refractivity contribution is -0.116. The van der Waals surface area contributed by atoms with Crippen LogP contribution in [-0.2, 0) is 4.79 Å². The van der Waals surface area contributed by atoms with Crippen LogP contribution in [-0.4, -0.2) is 17.9 Å². The quantitative estimate of drug-likeness (QED) is 0.635. The number of rotatable bonds is 9. The van der Waals surface area contributed by atoms with Gasteiger partial charge in [-0.1, -0.05) is 26.3 Å². The number of ether oxygens (including phenoxy) is 1. The van der Waals surface area contributed by atoms with Crippen LogP contribution < -0.4 is 15.4 Å². The molecule has 0 aromatic heterocycles. The van der Waals surface area contributed by atoms with Gasteiger partial charge in [-0.3, -0.25) is 9.59 Å². The van der Waals surface area contributed by atoms with E-state index in [9.17, 15) is 9.59 Å². The normalized spacial score (nSPS) is 11.5. The van der Waals surface area contributed by atoms with Crippen molar-refractivity contribution in [1.29, 1.82) is 0 Å². The molecule has 0 fully saturated rings. The van der Waals surface area contributed by atoms with Gasteiger partial charge in [-0.2, -0.15) is 0 Å². The molecule has 144 valence electrons. The lowest BCUT2D eigenvalue weighted by Gasteiger charge is -2.13. The Morgan fingerprint density at radius 3 is 2.30 bits per heavy atom. The summed E-state index contributed by atoms with van der Waals surface area (Å²) >= 11 is 0. The molecule has 0 aliphatic heterocycles. The van der Waals surface area contributed by atoms with Crippen molar-refractivity contribution in [3.8, 4) is 5.75 Å². The molecule has 0 unspecified atom stereocenters. The summed E-state index contributed by atoms with van der Waals surface area (Å²) in [6.45, 7) is 6.12. The molecule has 2 aromatic carbocycles. The number of benzene rings is 2. The number of carbonyl (C=O) groups is 2. The summed E-state index contributed by atoms with van der Waals surface area (Å²) in [5.74, 6) is 0.523. The second-order valence-corrected chi connectivity index (χ2v) is 6.55. The van der Waals surface area contributed by atoms with Gasteiger partial charge < -0.3 is 15.4 Å².